The number of carbonyl (C=O) groups excluding carboxylic acids is 1. The fraction of sp³-hybridized carbons (Fsp3) is 0.391. The number of hydrogen-bond acceptors (Lipinski definition) is 3. The summed E-state index contributed by atoms with van der Waals surface area (Å²) in [5.74, 6) is -1.03. The van der Waals surface area contributed by atoms with Crippen molar-refractivity contribution in [2.75, 3.05) is 13.7 Å². The largest absolute Gasteiger partial charge is 0.480 e. The molecular weight excluding hydrogens is 354 g/mol. The number of ether oxygens (including phenoxy) is 1. The molecule has 1 N–H and O–H groups in total. The van der Waals surface area contributed by atoms with Crippen molar-refractivity contribution in [1.82, 2.24) is 4.90 Å². The topological polar surface area (TPSA) is 66.8 Å². The highest BCUT2D eigenvalue weighted by Gasteiger charge is 2.31. The fourth-order valence-corrected chi connectivity index (χ4v) is 3.89. The van der Waals surface area contributed by atoms with Gasteiger partial charge in [-0.2, -0.15) is 0 Å². The number of likely N-dealkylation sites (N-methyl/N-ethyl adjacent to an activating group) is 1. The highest BCUT2D eigenvalue weighted by molar-refractivity contribution is 5.81. The maximum Gasteiger partial charge on any atom is 0.410 e. The summed E-state index contributed by atoms with van der Waals surface area (Å²) in [7, 11) is 1.50. The molecule has 5 nitrogen and oxygen atoms in total. The number of aliphatic carboxylic acids is 1. The van der Waals surface area contributed by atoms with Crippen LogP contribution in [-0.2, 0) is 9.53 Å². The summed E-state index contributed by atoms with van der Waals surface area (Å²) in [6.07, 6.45) is 2.56. The van der Waals surface area contributed by atoms with Gasteiger partial charge in [-0.1, -0.05) is 74.7 Å². The predicted molar refractivity (Wildman–Crippen MR) is 108 cm³/mol. The van der Waals surface area contributed by atoms with Gasteiger partial charge in [-0.3, -0.25) is 4.90 Å². The second-order valence-electron chi connectivity index (χ2n) is 7.26. The lowest BCUT2D eigenvalue weighted by atomic mass is 9.98. The van der Waals surface area contributed by atoms with E-state index in [9.17, 15) is 14.7 Å². The smallest absolute Gasteiger partial charge is 0.410 e. The number of carbonyl (C=O) groups is 2. The number of fused-ring (bicyclic) bond motifs is 3. The average molecular weight is 381 g/mol. The zero-order chi connectivity index (χ0) is 20.1. The lowest BCUT2D eigenvalue weighted by Crippen LogP contribution is -2.43. The lowest BCUT2D eigenvalue weighted by molar-refractivity contribution is -0.142. The Morgan fingerprint density at radius 2 is 1.61 bits per heavy atom. The molecule has 0 radical (unpaired) electrons. The molecule has 0 spiro atoms. The molecule has 3 rings (SSSR count). The first kappa shape index (κ1) is 19.9. The molecule has 0 bridgehead atoms. The molecule has 1 aliphatic rings. The molecule has 0 aliphatic heterocycles. The van der Waals surface area contributed by atoms with E-state index in [1.165, 1.54) is 11.9 Å². The zero-order valence-electron chi connectivity index (χ0n) is 16.4. The van der Waals surface area contributed by atoms with Crippen molar-refractivity contribution in [3.8, 4) is 11.1 Å². The normalized spacial score (nSPS) is 13.5. The maximum absolute atomic E-state index is 12.5. The molecule has 0 unspecified atom stereocenters. The van der Waals surface area contributed by atoms with E-state index in [0.717, 1.165) is 41.5 Å². The van der Waals surface area contributed by atoms with Crippen LogP contribution in [0.3, 0.4) is 0 Å². The second kappa shape index (κ2) is 8.91. The molecule has 0 saturated heterocycles. The van der Waals surface area contributed by atoms with Crippen LogP contribution >= 0.6 is 0 Å². The summed E-state index contributed by atoms with van der Waals surface area (Å²) in [6.45, 7) is 2.25. The third-order valence-electron chi connectivity index (χ3n) is 5.46. The molecule has 1 atom stereocenters. The molecule has 1 aliphatic carbocycles. The van der Waals surface area contributed by atoms with Gasteiger partial charge in [0, 0.05) is 13.0 Å². The minimum atomic E-state index is -0.993. The standard InChI is InChI=1S/C23H27NO4/c1-3-4-5-14-21(22(25)26)24(2)23(27)28-15-20-18-12-8-6-10-16(18)17-11-7-9-13-19(17)20/h6-13,20-21H,3-5,14-15H2,1-2H3,(H,25,26)/t21-/m0/s1. The maximum atomic E-state index is 12.5. The Morgan fingerprint density at radius 1 is 1.04 bits per heavy atom. The first-order valence-electron chi connectivity index (χ1n) is 9.85. The Hall–Kier alpha value is -2.82. The molecule has 0 aromatic heterocycles. The molecule has 0 heterocycles. The molecular formula is C23H27NO4. The van der Waals surface area contributed by atoms with Gasteiger partial charge in [-0.05, 0) is 28.7 Å². The quantitative estimate of drug-likeness (QED) is 0.661. The van der Waals surface area contributed by atoms with E-state index in [2.05, 4.69) is 31.2 Å². The van der Waals surface area contributed by atoms with Crippen molar-refractivity contribution >= 4 is 12.1 Å². The van der Waals surface area contributed by atoms with Gasteiger partial charge in [0.2, 0.25) is 0 Å². The number of carboxylic acids is 1. The van der Waals surface area contributed by atoms with Gasteiger partial charge in [0.05, 0.1) is 0 Å². The number of nitrogens with zero attached hydrogens (tertiary/aromatic N) is 1. The Bertz CT molecular complexity index is 803. The molecule has 0 saturated carbocycles. The van der Waals surface area contributed by atoms with E-state index < -0.39 is 18.1 Å². The first-order chi connectivity index (χ1) is 13.5. The zero-order valence-corrected chi connectivity index (χ0v) is 16.4. The van der Waals surface area contributed by atoms with Crippen LogP contribution in [0.1, 0.15) is 49.7 Å². The van der Waals surface area contributed by atoms with Gasteiger partial charge in [-0.15, -0.1) is 0 Å². The lowest BCUT2D eigenvalue weighted by Gasteiger charge is -2.25. The average Bonchev–Trinajstić information content (AvgIpc) is 3.02. The van der Waals surface area contributed by atoms with Gasteiger partial charge in [0.15, 0.2) is 0 Å². The summed E-state index contributed by atoms with van der Waals surface area (Å²) >= 11 is 0. The molecule has 1 amide bonds. The fourth-order valence-electron chi connectivity index (χ4n) is 3.89. The summed E-state index contributed by atoms with van der Waals surface area (Å²) < 4.78 is 5.56. The van der Waals surface area contributed by atoms with Crippen LogP contribution in [0.4, 0.5) is 4.79 Å². The Labute approximate surface area is 165 Å². The number of unbranched alkanes of at least 4 members (excludes halogenated alkanes) is 2. The van der Waals surface area contributed by atoms with Gasteiger partial charge in [0.1, 0.15) is 12.6 Å². The van der Waals surface area contributed by atoms with Crippen LogP contribution in [0, 0.1) is 0 Å². The van der Waals surface area contributed by atoms with E-state index in [4.69, 9.17) is 4.74 Å². The van der Waals surface area contributed by atoms with E-state index in [1.54, 1.807) is 0 Å². The van der Waals surface area contributed by atoms with Crippen molar-refractivity contribution in [3.05, 3.63) is 59.7 Å². The van der Waals surface area contributed by atoms with E-state index in [1.807, 2.05) is 24.3 Å². The Balaban J connectivity index is 1.69. The summed E-state index contributed by atoms with van der Waals surface area (Å²) in [6, 6.07) is 15.4. The number of hydrogen-bond donors (Lipinski definition) is 1. The van der Waals surface area contributed by atoms with Crippen LogP contribution in [0.5, 0.6) is 0 Å². The van der Waals surface area contributed by atoms with Crippen molar-refractivity contribution in [1.29, 1.82) is 0 Å². The second-order valence-corrected chi connectivity index (χ2v) is 7.26. The minimum Gasteiger partial charge on any atom is -0.480 e. The predicted octanol–water partition coefficient (Wildman–Crippen LogP) is 4.90. The van der Waals surface area contributed by atoms with Crippen LogP contribution in [-0.4, -0.2) is 41.8 Å². The van der Waals surface area contributed by atoms with Gasteiger partial charge in [-0.25, -0.2) is 9.59 Å². The van der Waals surface area contributed by atoms with Gasteiger partial charge in [0.25, 0.3) is 0 Å². The molecule has 2 aromatic rings. The van der Waals surface area contributed by atoms with Crippen molar-refractivity contribution in [2.45, 2.75) is 44.6 Å². The van der Waals surface area contributed by atoms with Crippen LogP contribution < -0.4 is 0 Å². The number of amides is 1. The minimum absolute atomic E-state index is 0.0341. The van der Waals surface area contributed by atoms with Crippen molar-refractivity contribution < 1.29 is 19.4 Å². The highest BCUT2D eigenvalue weighted by atomic mass is 16.6. The third-order valence-corrected chi connectivity index (χ3v) is 5.46. The van der Waals surface area contributed by atoms with Crippen molar-refractivity contribution in [3.63, 3.8) is 0 Å². The van der Waals surface area contributed by atoms with E-state index in [0.29, 0.717) is 6.42 Å². The molecule has 5 heteroatoms. The number of rotatable bonds is 8. The SMILES string of the molecule is CCCCC[C@@H](C(=O)O)N(C)C(=O)OCC1c2ccccc2-c2ccccc21. The summed E-state index contributed by atoms with van der Waals surface area (Å²) in [5.41, 5.74) is 4.60. The highest BCUT2D eigenvalue weighted by Crippen LogP contribution is 2.44. The Morgan fingerprint density at radius 3 is 2.14 bits per heavy atom. The number of carboxylic acid groups (broad SMARTS) is 1. The molecule has 0 fully saturated rings. The van der Waals surface area contributed by atoms with Gasteiger partial charge < -0.3 is 9.84 Å². The third kappa shape index (κ3) is 4.03. The summed E-state index contributed by atoms with van der Waals surface area (Å²) in [4.78, 5) is 25.3. The molecule has 28 heavy (non-hydrogen) atoms. The van der Waals surface area contributed by atoms with Gasteiger partial charge >= 0.3 is 12.1 Å². The van der Waals surface area contributed by atoms with Crippen LogP contribution in [0.25, 0.3) is 11.1 Å². The molecule has 148 valence electrons. The van der Waals surface area contributed by atoms with Crippen LogP contribution in [0.15, 0.2) is 48.5 Å². The molecule has 2 aromatic carbocycles. The van der Waals surface area contributed by atoms with E-state index in [-0.39, 0.29) is 12.5 Å². The van der Waals surface area contributed by atoms with Crippen molar-refractivity contribution in [2.24, 2.45) is 0 Å². The van der Waals surface area contributed by atoms with E-state index >= 15 is 0 Å². The Kier molecular flexibility index (Phi) is 6.34. The first-order valence-corrected chi connectivity index (χ1v) is 9.85. The number of benzene rings is 2. The van der Waals surface area contributed by atoms with Crippen LogP contribution in [0.2, 0.25) is 0 Å². The monoisotopic (exact) mass is 381 g/mol. The summed E-state index contributed by atoms with van der Waals surface area (Å²) in [5, 5.41) is 9.48.